The van der Waals surface area contributed by atoms with E-state index in [9.17, 15) is 18.0 Å². The van der Waals surface area contributed by atoms with Gasteiger partial charge in [0.05, 0.1) is 17.3 Å². The Kier molecular flexibility index (Phi) is 5.01. The topological polar surface area (TPSA) is 86.9 Å². The maximum absolute atomic E-state index is 13.3. The SMILES string of the molecule is Cc1noc2c(-c3cc(C(F)(F)F)ccc3N)nn(C(C)c3ccc(Cl)cc3)c(=O)c12. The first-order valence-electron chi connectivity index (χ1n) is 9.19. The quantitative estimate of drug-likeness (QED) is 0.434. The highest BCUT2D eigenvalue weighted by molar-refractivity contribution is 6.30. The first-order valence-corrected chi connectivity index (χ1v) is 9.57. The Morgan fingerprint density at radius 2 is 1.84 bits per heavy atom. The van der Waals surface area contributed by atoms with Crippen molar-refractivity contribution in [2.45, 2.75) is 26.1 Å². The highest BCUT2D eigenvalue weighted by Crippen LogP contribution is 2.37. The molecule has 4 rings (SSSR count). The Morgan fingerprint density at radius 1 is 1.16 bits per heavy atom. The summed E-state index contributed by atoms with van der Waals surface area (Å²) in [4.78, 5) is 13.1. The van der Waals surface area contributed by atoms with Crippen molar-refractivity contribution in [1.29, 1.82) is 0 Å². The number of hydrogen-bond acceptors (Lipinski definition) is 5. The summed E-state index contributed by atoms with van der Waals surface area (Å²) in [6, 6.07) is 9.20. The number of halogens is 4. The number of anilines is 1. The van der Waals surface area contributed by atoms with Crippen LogP contribution in [0.25, 0.3) is 22.2 Å². The second-order valence-corrected chi connectivity index (χ2v) is 7.53. The first kappa shape index (κ1) is 20.9. The Balaban J connectivity index is 2.00. The summed E-state index contributed by atoms with van der Waals surface area (Å²) in [5.41, 5.74) is 5.66. The second-order valence-electron chi connectivity index (χ2n) is 7.10. The summed E-state index contributed by atoms with van der Waals surface area (Å²) >= 11 is 5.94. The summed E-state index contributed by atoms with van der Waals surface area (Å²) in [5, 5.41) is 8.83. The molecule has 0 aliphatic rings. The van der Waals surface area contributed by atoms with Crippen LogP contribution in [0.1, 0.15) is 29.8 Å². The van der Waals surface area contributed by atoms with E-state index in [0.29, 0.717) is 10.7 Å². The van der Waals surface area contributed by atoms with Crippen LogP contribution in [0.5, 0.6) is 0 Å². The Hall–Kier alpha value is -3.33. The van der Waals surface area contributed by atoms with Gasteiger partial charge in [-0.3, -0.25) is 4.79 Å². The van der Waals surface area contributed by atoms with E-state index in [4.69, 9.17) is 21.9 Å². The Morgan fingerprint density at radius 3 is 2.48 bits per heavy atom. The molecule has 10 heteroatoms. The minimum Gasteiger partial charge on any atom is -0.398 e. The molecule has 4 aromatic rings. The molecule has 0 saturated heterocycles. The molecule has 0 saturated carbocycles. The summed E-state index contributed by atoms with van der Waals surface area (Å²) in [7, 11) is 0. The summed E-state index contributed by atoms with van der Waals surface area (Å²) in [5.74, 6) is 0. The summed E-state index contributed by atoms with van der Waals surface area (Å²) in [6.07, 6.45) is -4.58. The molecule has 2 N–H and O–H groups in total. The summed E-state index contributed by atoms with van der Waals surface area (Å²) in [6.45, 7) is 3.31. The van der Waals surface area contributed by atoms with Gasteiger partial charge >= 0.3 is 6.18 Å². The van der Waals surface area contributed by atoms with Crippen LogP contribution in [0, 0.1) is 6.92 Å². The number of alkyl halides is 3. The molecule has 1 unspecified atom stereocenters. The average Bonchev–Trinajstić information content (AvgIpc) is 3.10. The summed E-state index contributed by atoms with van der Waals surface area (Å²) < 4.78 is 46.3. The number of rotatable bonds is 3. The van der Waals surface area contributed by atoms with E-state index in [2.05, 4.69) is 10.3 Å². The van der Waals surface area contributed by atoms with Crippen molar-refractivity contribution in [3.8, 4) is 11.3 Å². The van der Waals surface area contributed by atoms with E-state index in [-0.39, 0.29) is 27.9 Å². The van der Waals surface area contributed by atoms with Crippen molar-refractivity contribution in [3.05, 3.63) is 74.7 Å². The molecular weight excluding hydrogens is 433 g/mol. The maximum Gasteiger partial charge on any atom is 0.416 e. The van der Waals surface area contributed by atoms with Gasteiger partial charge in [-0.1, -0.05) is 28.9 Å². The van der Waals surface area contributed by atoms with Gasteiger partial charge in [0.25, 0.3) is 5.56 Å². The first-order chi connectivity index (χ1) is 14.6. The Labute approximate surface area is 179 Å². The molecular formula is C21H16ClF3N4O2. The standard InChI is InChI=1S/C21H16ClF3N4O2/c1-10-17-19(31-28-10)18(15-9-13(21(23,24)25)5-8-16(15)26)27-29(20(17)30)11(2)12-3-6-14(22)7-4-12/h3-9,11H,26H2,1-2H3. The van der Waals surface area contributed by atoms with Gasteiger partial charge in [0.15, 0.2) is 0 Å². The van der Waals surface area contributed by atoms with Crippen LogP contribution in [-0.4, -0.2) is 14.9 Å². The molecule has 0 aliphatic heterocycles. The predicted octanol–water partition coefficient (Wildman–Crippen LogP) is 5.22. The third kappa shape index (κ3) is 3.65. The number of fused-ring (bicyclic) bond motifs is 1. The van der Waals surface area contributed by atoms with Gasteiger partial charge in [-0.25, -0.2) is 4.68 Å². The highest BCUT2D eigenvalue weighted by Gasteiger charge is 2.32. The normalized spacial score (nSPS) is 13.0. The van der Waals surface area contributed by atoms with E-state index < -0.39 is 23.3 Å². The fourth-order valence-electron chi connectivity index (χ4n) is 3.36. The van der Waals surface area contributed by atoms with Crippen LogP contribution in [0.4, 0.5) is 18.9 Å². The lowest BCUT2D eigenvalue weighted by atomic mass is 10.0. The number of nitrogens with two attached hydrogens (primary N) is 1. The van der Waals surface area contributed by atoms with Gasteiger partial charge in [0.2, 0.25) is 5.58 Å². The van der Waals surface area contributed by atoms with Gasteiger partial charge in [0, 0.05) is 16.3 Å². The Bertz CT molecular complexity index is 1340. The van der Waals surface area contributed by atoms with Crippen LogP contribution in [0.2, 0.25) is 5.02 Å². The van der Waals surface area contributed by atoms with Crippen LogP contribution >= 0.6 is 11.6 Å². The van der Waals surface area contributed by atoms with E-state index >= 15 is 0 Å². The van der Waals surface area contributed by atoms with Crippen molar-refractivity contribution in [3.63, 3.8) is 0 Å². The minimum absolute atomic E-state index is 0.000358. The molecule has 1 atom stereocenters. The van der Waals surface area contributed by atoms with E-state index in [0.717, 1.165) is 23.8 Å². The fourth-order valence-corrected chi connectivity index (χ4v) is 3.48. The van der Waals surface area contributed by atoms with Crippen molar-refractivity contribution in [1.82, 2.24) is 14.9 Å². The van der Waals surface area contributed by atoms with Gasteiger partial charge < -0.3 is 10.3 Å². The molecule has 2 heterocycles. The number of benzene rings is 2. The molecule has 2 aromatic carbocycles. The molecule has 0 amide bonds. The molecule has 0 spiro atoms. The minimum atomic E-state index is -4.58. The molecule has 0 bridgehead atoms. The van der Waals surface area contributed by atoms with Gasteiger partial charge in [-0.05, 0) is 49.7 Å². The molecule has 31 heavy (non-hydrogen) atoms. The van der Waals surface area contributed by atoms with Crippen molar-refractivity contribution in [2.24, 2.45) is 0 Å². The van der Waals surface area contributed by atoms with E-state index in [1.54, 1.807) is 38.1 Å². The molecule has 160 valence electrons. The zero-order chi connectivity index (χ0) is 22.5. The third-order valence-corrected chi connectivity index (χ3v) is 5.31. The molecule has 0 radical (unpaired) electrons. The number of aromatic nitrogens is 3. The number of nitrogens with zero attached hydrogens (tertiary/aromatic N) is 3. The van der Waals surface area contributed by atoms with E-state index in [1.165, 1.54) is 4.68 Å². The zero-order valence-corrected chi connectivity index (χ0v) is 17.1. The smallest absolute Gasteiger partial charge is 0.398 e. The lowest BCUT2D eigenvalue weighted by Gasteiger charge is -2.17. The van der Waals surface area contributed by atoms with Crippen molar-refractivity contribution in [2.75, 3.05) is 5.73 Å². The largest absolute Gasteiger partial charge is 0.416 e. The highest BCUT2D eigenvalue weighted by atomic mass is 35.5. The lowest BCUT2D eigenvalue weighted by Crippen LogP contribution is -2.27. The third-order valence-electron chi connectivity index (χ3n) is 5.06. The monoisotopic (exact) mass is 448 g/mol. The van der Waals surface area contributed by atoms with Gasteiger partial charge in [-0.15, -0.1) is 0 Å². The van der Waals surface area contributed by atoms with Crippen LogP contribution < -0.4 is 11.3 Å². The van der Waals surface area contributed by atoms with Crippen molar-refractivity contribution < 1.29 is 17.7 Å². The predicted molar refractivity (Wildman–Crippen MR) is 111 cm³/mol. The second kappa shape index (κ2) is 7.42. The van der Waals surface area contributed by atoms with E-state index in [1.807, 2.05) is 0 Å². The van der Waals surface area contributed by atoms with Crippen LogP contribution in [0.15, 0.2) is 51.8 Å². The molecule has 0 aliphatic carbocycles. The number of nitrogen functional groups attached to an aromatic ring is 1. The molecule has 0 fully saturated rings. The van der Waals surface area contributed by atoms with Gasteiger partial charge in [-0.2, -0.15) is 18.3 Å². The lowest BCUT2D eigenvalue weighted by molar-refractivity contribution is -0.137. The average molecular weight is 449 g/mol. The fraction of sp³-hybridized carbons (Fsp3) is 0.190. The number of hydrogen-bond donors (Lipinski definition) is 1. The van der Waals surface area contributed by atoms with Crippen LogP contribution in [-0.2, 0) is 6.18 Å². The molecule has 6 nitrogen and oxygen atoms in total. The van der Waals surface area contributed by atoms with Crippen molar-refractivity contribution >= 4 is 28.3 Å². The maximum atomic E-state index is 13.3. The van der Waals surface area contributed by atoms with Gasteiger partial charge in [0.1, 0.15) is 11.1 Å². The number of aryl methyl sites for hydroxylation is 1. The van der Waals surface area contributed by atoms with Crippen LogP contribution in [0.3, 0.4) is 0 Å². The zero-order valence-electron chi connectivity index (χ0n) is 16.4. The molecule has 2 aromatic heterocycles.